The van der Waals surface area contributed by atoms with Crippen molar-refractivity contribution in [2.45, 2.75) is 140 Å². The van der Waals surface area contributed by atoms with Gasteiger partial charge in [0.15, 0.2) is 0 Å². The summed E-state index contributed by atoms with van der Waals surface area (Å²) in [6.07, 6.45) is 7.80. The Morgan fingerprint density at radius 1 is 0.285 bits per heavy atom. The Kier molecular flexibility index (Phi) is 40.7. The molecule has 13 rings (SSSR count). The number of carbonyl (C=O) groups is 10. The number of unbranched alkanes of at least 4 members (excludes halogenated alkanes) is 2. The van der Waals surface area contributed by atoms with E-state index in [1.807, 2.05) is 100 Å². The number of carbonyl (C=O) groups excluding carboxylic acids is 10. The molecule has 10 amide bonds. The lowest BCUT2D eigenvalue weighted by molar-refractivity contribution is -0.121. The molecule has 0 aliphatic rings. The summed E-state index contributed by atoms with van der Waals surface area (Å²) in [6.45, 7) is 20.3. The molecule has 37 nitrogen and oxygen atoms in total. The van der Waals surface area contributed by atoms with Crippen molar-refractivity contribution in [2.24, 2.45) is 11.8 Å². The van der Waals surface area contributed by atoms with Gasteiger partial charge in [-0.2, -0.15) is 74.8 Å². The Labute approximate surface area is 801 Å². The average Bonchev–Trinajstić information content (AvgIpc) is 0.834. The Morgan fingerprint density at radius 3 is 0.810 bits per heavy atom. The Morgan fingerprint density at radius 2 is 0.540 bits per heavy atom. The third-order valence-electron chi connectivity index (χ3n) is 19.5. The van der Waals surface area contributed by atoms with Gasteiger partial charge in [-0.25, -0.2) is 0 Å². The molecule has 13 aromatic rings. The van der Waals surface area contributed by atoms with Crippen LogP contribution in [0.3, 0.4) is 0 Å². The minimum atomic E-state index is -0.449. The topological polar surface area (TPSA) is 503 Å². The van der Waals surface area contributed by atoms with Crippen molar-refractivity contribution in [3.05, 3.63) is 301 Å². The number of hydrogen-bond acceptors (Lipinski definition) is 27. The third-order valence-corrected chi connectivity index (χ3v) is 19.9. The van der Waals surface area contributed by atoms with Gasteiger partial charge in [-0.1, -0.05) is 209 Å². The fourth-order valence-electron chi connectivity index (χ4n) is 12.8. The van der Waals surface area contributed by atoms with Gasteiger partial charge in [0.05, 0.1) is 38.2 Å². The van der Waals surface area contributed by atoms with Crippen LogP contribution in [0.5, 0.6) is 11.5 Å². The number of halogens is 2. The first-order valence-electron chi connectivity index (χ1n) is 43.6. The van der Waals surface area contributed by atoms with Crippen LogP contribution in [0.25, 0.3) is 0 Å². The Hall–Kier alpha value is -16.3. The normalized spacial score (nSPS) is 10.8. The van der Waals surface area contributed by atoms with Crippen molar-refractivity contribution in [2.75, 3.05) is 67.4 Å². The molecular formula is C98H105Cl2N25O12. The molecule has 5 heterocycles. The van der Waals surface area contributed by atoms with Gasteiger partial charge in [0.25, 0.3) is 35.4 Å². The summed E-state index contributed by atoms with van der Waals surface area (Å²) in [5.41, 5.74) is 6.07. The number of amides is 10. The number of nitrogens with zero attached hydrogens (tertiary/aromatic N) is 15. The van der Waals surface area contributed by atoms with E-state index in [0.29, 0.717) is 84.0 Å². The minimum absolute atomic E-state index is 0.00346. The van der Waals surface area contributed by atoms with Crippen LogP contribution in [-0.4, -0.2) is 148 Å². The zero-order chi connectivity index (χ0) is 98.9. The number of aryl methyl sites for hydroxylation is 7. The zero-order valence-corrected chi connectivity index (χ0v) is 79.2. The fourth-order valence-corrected chi connectivity index (χ4v) is 13.1. The number of rotatable bonds is 32. The van der Waals surface area contributed by atoms with Crippen molar-refractivity contribution in [1.82, 2.24) is 74.8 Å². The van der Waals surface area contributed by atoms with E-state index in [-0.39, 0.29) is 120 Å². The standard InChI is InChI=1S/C20H19N5O4.2C20H19N5O2.C20H35N5O2.C18H13Cl2N5O2/c1-12-21-19(23-17(26)13-8-4-6-10-15(13)28-2)25-20(22-12)24-18(27)14-9-5-7-11-16(14)29-3;1-12-6-4-8-15(10-12)17(26)23-19-21-14(3)22-20(25-19)24-18(27)16-9-5-7-13(2)11-16;1-14-21-19(23-17(26)12-15-8-4-2-5-9-15)25-20(22-14)24-18(27)13-16-10-6-3-7-11-16;1-6-10-12-15(8-3)17(26)23-19-21-14(5)22-20(25-19)24-18(27)16(9-4)13-11-7-2;1-10-21-17(23-15(26)11-4-2-6-13(19)8-11)25-18(22-10)24-16(27)12-5-3-7-14(20)9-12/h4-11H,1-3H3,(H2,21,22,23,24,25,26,27);4-11H,1-3H3,(H2,21,22,23,24,25,26,27);2-11H,12-13H2,1H3,(H2,21,22,23,24,25,26,27);15-16H,6-13H2,1-5H3,(H2,21,22,23,24,25,26,27);2-9H,1H3,(H2,21,22,23,24,25,26,27). The molecule has 0 aliphatic heterocycles. The van der Waals surface area contributed by atoms with Crippen LogP contribution in [0.2, 0.25) is 10.0 Å². The molecule has 0 aliphatic carbocycles. The highest BCUT2D eigenvalue weighted by Crippen LogP contribution is 2.25. The molecule has 708 valence electrons. The van der Waals surface area contributed by atoms with E-state index in [9.17, 15) is 47.9 Å². The molecule has 10 N–H and O–H groups in total. The summed E-state index contributed by atoms with van der Waals surface area (Å²) >= 11 is 11.8. The lowest BCUT2D eigenvalue weighted by Crippen LogP contribution is -2.26. The van der Waals surface area contributed by atoms with E-state index in [0.717, 1.165) is 73.6 Å². The second kappa shape index (κ2) is 53.4. The second-order valence-electron chi connectivity index (χ2n) is 30.4. The molecule has 137 heavy (non-hydrogen) atoms. The SMILES string of the molecule is CCCCC(CC)C(=O)Nc1nc(C)nc(NC(=O)C(CC)CCCC)n1.COc1ccccc1C(=O)Nc1nc(C)nc(NC(=O)c2ccccc2OC)n1.Cc1cccc(C(=O)Nc2nc(C)nc(NC(=O)c3cccc(C)c3)n2)c1.Cc1nc(NC(=O)Cc2ccccc2)nc(NC(=O)Cc2ccccc2)n1.Cc1nc(NC(=O)c2cccc(Cl)c2)nc(NC(=O)c2cccc(Cl)c2)n1. The number of benzene rings is 8. The first-order valence-corrected chi connectivity index (χ1v) is 44.3. The van der Waals surface area contributed by atoms with Gasteiger partial charge >= 0.3 is 0 Å². The van der Waals surface area contributed by atoms with Gasteiger partial charge in [0.1, 0.15) is 40.6 Å². The quantitative estimate of drug-likeness (QED) is 0.0187. The van der Waals surface area contributed by atoms with Crippen LogP contribution in [0.15, 0.2) is 206 Å². The second-order valence-corrected chi connectivity index (χ2v) is 31.3. The van der Waals surface area contributed by atoms with Gasteiger partial charge < -0.3 is 9.47 Å². The number of aromatic nitrogens is 15. The van der Waals surface area contributed by atoms with Crippen LogP contribution in [0.1, 0.15) is 193 Å². The van der Waals surface area contributed by atoms with E-state index in [1.165, 1.54) is 26.4 Å². The maximum Gasteiger partial charge on any atom is 0.261 e. The van der Waals surface area contributed by atoms with Crippen molar-refractivity contribution in [3.63, 3.8) is 0 Å². The minimum Gasteiger partial charge on any atom is -0.496 e. The van der Waals surface area contributed by atoms with Crippen LogP contribution >= 0.6 is 23.2 Å². The Bertz CT molecular complexity index is 5870. The van der Waals surface area contributed by atoms with E-state index < -0.39 is 23.6 Å². The highest BCUT2D eigenvalue weighted by atomic mass is 35.5. The van der Waals surface area contributed by atoms with Crippen molar-refractivity contribution < 1.29 is 57.4 Å². The Balaban J connectivity index is 0.000000192. The molecule has 0 saturated heterocycles. The molecular weight excluding hydrogens is 1790 g/mol. The molecule has 8 aromatic carbocycles. The summed E-state index contributed by atoms with van der Waals surface area (Å²) in [5.74, 6) is 0.312. The van der Waals surface area contributed by atoms with Crippen LogP contribution in [0, 0.1) is 60.3 Å². The van der Waals surface area contributed by atoms with Crippen molar-refractivity contribution >= 4 is 142 Å². The van der Waals surface area contributed by atoms with E-state index in [1.54, 1.807) is 156 Å². The predicted octanol–water partition coefficient (Wildman–Crippen LogP) is 17.0. The van der Waals surface area contributed by atoms with Crippen molar-refractivity contribution in [3.8, 4) is 11.5 Å². The van der Waals surface area contributed by atoms with Crippen LogP contribution in [-0.2, 0) is 32.0 Å². The van der Waals surface area contributed by atoms with E-state index >= 15 is 0 Å². The van der Waals surface area contributed by atoms with Gasteiger partial charge in [-0.3, -0.25) is 101 Å². The van der Waals surface area contributed by atoms with Gasteiger partial charge in [0.2, 0.25) is 83.1 Å². The maximum atomic E-state index is 12.5. The molecule has 2 atom stereocenters. The van der Waals surface area contributed by atoms with Gasteiger partial charge in [-0.15, -0.1) is 0 Å². The number of nitrogens with one attached hydrogen (secondary N) is 10. The monoisotopic (exact) mass is 1890 g/mol. The first kappa shape index (κ1) is 104. The van der Waals surface area contributed by atoms with Crippen LogP contribution in [0.4, 0.5) is 59.5 Å². The molecule has 0 spiro atoms. The number of methoxy groups -OCH3 is 2. The molecule has 0 bridgehead atoms. The smallest absolute Gasteiger partial charge is 0.261 e. The molecule has 2 unspecified atom stereocenters. The molecule has 0 saturated carbocycles. The summed E-state index contributed by atoms with van der Waals surface area (Å²) in [6, 6.07) is 59.5. The van der Waals surface area contributed by atoms with Crippen molar-refractivity contribution in [1.29, 1.82) is 0 Å². The van der Waals surface area contributed by atoms with E-state index in [4.69, 9.17) is 32.7 Å². The number of ether oxygens (including phenoxy) is 2. The number of anilines is 10. The fraction of sp³-hybridized carbons (Fsp3) is 0.255. The summed E-state index contributed by atoms with van der Waals surface area (Å²) in [4.78, 5) is 185. The number of hydrogen-bond donors (Lipinski definition) is 10. The first-order chi connectivity index (χ1) is 65.8. The van der Waals surface area contributed by atoms with Gasteiger partial charge in [0, 0.05) is 44.1 Å². The summed E-state index contributed by atoms with van der Waals surface area (Å²) < 4.78 is 10.4. The molecule has 0 radical (unpaired) electrons. The predicted molar refractivity (Wildman–Crippen MR) is 523 cm³/mol. The lowest BCUT2D eigenvalue weighted by atomic mass is 9.98. The van der Waals surface area contributed by atoms with E-state index in [2.05, 4.69) is 142 Å². The maximum absolute atomic E-state index is 12.5. The molecule has 39 heteroatoms. The molecule has 5 aromatic heterocycles. The number of para-hydroxylation sites is 2. The van der Waals surface area contributed by atoms with Crippen LogP contribution < -0.4 is 62.6 Å². The van der Waals surface area contributed by atoms with Gasteiger partial charge in [-0.05, 0) is 170 Å². The third kappa shape index (κ3) is 35.0. The largest absolute Gasteiger partial charge is 0.496 e. The summed E-state index contributed by atoms with van der Waals surface area (Å²) in [7, 11) is 2.95. The lowest BCUT2D eigenvalue weighted by Gasteiger charge is -2.15. The molecule has 0 fully saturated rings. The summed E-state index contributed by atoms with van der Waals surface area (Å²) in [5, 5.41) is 27.3. The highest BCUT2D eigenvalue weighted by molar-refractivity contribution is 6.31. The average molecular weight is 1900 g/mol. The highest BCUT2D eigenvalue weighted by Gasteiger charge is 2.24. The zero-order valence-electron chi connectivity index (χ0n) is 77.7.